The van der Waals surface area contributed by atoms with Gasteiger partial charge in [0.25, 0.3) is 5.91 Å². The number of amides is 1. The number of fused-ring (bicyclic) bond motifs is 1. The summed E-state index contributed by atoms with van der Waals surface area (Å²) in [5, 5.41) is 15.1. The van der Waals surface area contributed by atoms with E-state index in [-0.39, 0.29) is 11.9 Å². The van der Waals surface area contributed by atoms with E-state index in [0.717, 1.165) is 18.7 Å². The average molecular weight is 387 g/mol. The van der Waals surface area contributed by atoms with E-state index >= 15 is 0 Å². The molecule has 9 heteroatoms. The smallest absolute Gasteiger partial charge is 0.255 e. The summed E-state index contributed by atoms with van der Waals surface area (Å²) in [6, 6.07) is 11.2. The van der Waals surface area contributed by atoms with Crippen LogP contribution in [0.3, 0.4) is 0 Å². The van der Waals surface area contributed by atoms with Crippen molar-refractivity contribution in [3.8, 4) is 0 Å². The van der Waals surface area contributed by atoms with Gasteiger partial charge < -0.3 is 10.1 Å². The molecule has 1 aliphatic rings. The molecule has 3 heterocycles. The van der Waals surface area contributed by atoms with Crippen molar-refractivity contribution < 1.29 is 9.53 Å². The largest absolute Gasteiger partial charge is 0.379 e. The molecular formula is C18H19ClN6O2. The Morgan fingerprint density at radius 2 is 2.00 bits per heavy atom. The van der Waals surface area contributed by atoms with Crippen molar-refractivity contribution in [3.05, 3.63) is 58.7 Å². The predicted molar refractivity (Wildman–Crippen MR) is 99.7 cm³/mol. The zero-order valence-electron chi connectivity index (χ0n) is 14.6. The third-order valence-electron chi connectivity index (χ3n) is 4.67. The number of carbonyl (C=O) groups is 1. The number of tetrazole rings is 1. The van der Waals surface area contributed by atoms with Gasteiger partial charge in [-0.05, 0) is 40.3 Å². The van der Waals surface area contributed by atoms with Gasteiger partial charge in [-0.2, -0.15) is 4.52 Å². The van der Waals surface area contributed by atoms with Crippen molar-refractivity contribution in [2.75, 3.05) is 32.8 Å². The summed E-state index contributed by atoms with van der Waals surface area (Å²) < 4.78 is 6.94. The van der Waals surface area contributed by atoms with Crippen molar-refractivity contribution in [1.29, 1.82) is 0 Å². The van der Waals surface area contributed by atoms with Gasteiger partial charge in [-0.1, -0.05) is 23.7 Å². The number of hydrogen-bond acceptors (Lipinski definition) is 6. The Hall–Kier alpha value is -2.55. The number of rotatable bonds is 5. The number of aromatic nitrogens is 4. The van der Waals surface area contributed by atoms with Crippen molar-refractivity contribution in [2.24, 2.45) is 0 Å². The Labute approximate surface area is 161 Å². The fourth-order valence-corrected chi connectivity index (χ4v) is 3.39. The molecule has 0 saturated carbocycles. The quantitative estimate of drug-likeness (QED) is 0.716. The number of pyridine rings is 1. The molecule has 27 heavy (non-hydrogen) atoms. The molecule has 0 radical (unpaired) electrons. The van der Waals surface area contributed by atoms with Crippen molar-refractivity contribution >= 4 is 23.2 Å². The molecule has 8 nitrogen and oxygen atoms in total. The highest BCUT2D eigenvalue weighted by atomic mass is 35.5. The van der Waals surface area contributed by atoms with Crippen molar-refractivity contribution in [1.82, 2.24) is 30.3 Å². The molecule has 4 rings (SSSR count). The average Bonchev–Trinajstić information content (AvgIpc) is 3.19. The Kier molecular flexibility index (Phi) is 5.28. The Bertz CT molecular complexity index is 923. The SMILES string of the molecule is O=C(NC[C@H](c1ccc(Cl)cc1)N1CCOCC1)c1cccn2nnnc12. The van der Waals surface area contributed by atoms with Crippen molar-refractivity contribution in [2.45, 2.75) is 6.04 Å². The molecule has 0 bridgehead atoms. The minimum atomic E-state index is -0.206. The molecule has 1 atom stereocenters. The first-order valence-corrected chi connectivity index (χ1v) is 9.12. The zero-order valence-corrected chi connectivity index (χ0v) is 15.3. The summed E-state index contributed by atoms with van der Waals surface area (Å²) in [6.07, 6.45) is 1.70. The third kappa shape index (κ3) is 3.92. The predicted octanol–water partition coefficient (Wildman–Crippen LogP) is 1.58. The first kappa shape index (κ1) is 17.8. The summed E-state index contributed by atoms with van der Waals surface area (Å²) in [5.74, 6) is -0.206. The highest BCUT2D eigenvalue weighted by molar-refractivity contribution is 6.30. The van der Waals surface area contributed by atoms with E-state index in [2.05, 4.69) is 25.7 Å². The van der Waals surface area contributed by atoms with Gasteiger partial charge in [-0.3, -0.25) is 9.69 Å². The van der Waals surface area contributed by atoms with Crippen LogP contribution in [0.2, 0.25) is 5.02 Å². The van der Waals surface area contributed by atoms with E-state index in [1.807, 2.05) is 24.3 Å². The number of ether oxygens (including phenoxy) is 1. The van der Waals surface area contributed by atoms with Crippen LogP contribution in [0, 0.1) is 0 Å². The summed E-state index contributed by atoms with van der Waals surface area (Å²) in [7, 11) is 0. The molecule has 1 saturated heterocycles. The molecule has 2 aromatic heterocycles. The first-order chi connectivity index (χ1) is 13.2. The third-order valence-corrected chi connectivity index (χ3v) is 4.92. The lowest BCUT2D eigenvalue weighted by Crippen LogP contribution is -2.43. The number of nitrogens with zero attached hydrogens (tertiary/aromatic N) is 5. The number of morpholine rings is 1. The Morgan fingerprint density at radius 3 is 2.78 bits per heavy atom. The number of hydrogen-bond donors (Lipinski definition) is 1. The minimum absolute atomic E-state index is 0.0332. The molecular weight excluding hydrogens is 368 g/mol. The van der Waals surface area contributed by atoms with E-state index in [0.29, 0.717) is 36.0 Å². The van der Waals surface area contributed by atoms with Gasteiger partial charge in [0.1, 0.15) is 0 Å². The van der Waals surface area contributed by atoms with Crippen LogP contribution in [0.4, 0.5) is 0 Å². The molecule has 3 aromatic rings. The van der Waals surface area contributed by atoms with Crippen LogP contribution in [0.25, 0.3) is 5.65 Å². The molecule has 140 valence electrons. The lowest BCUT2D eigenvalue weighted by atomic mass is 10.0. The van der Waals surface area contributed by atoms with E-state index in [1.54, 1.807) is 18.3 Å². The lowest BCUT2D eigenvalue weighted by Gasteiger charge is -2.35. The standard InChI is InChI=1S/C18H19ClN6O2/c19-14-5-3-13(4-6-14)16(24-8-10-27-11-9-24)12-20-18(26)15-2-1-7-25-17(15)21-22-23-25/h1-7,16H,8-12H2,(H,20,26)/t16-/m1/s1. The fourth-order valence-electron chi connectivity index (χ4n) is 3.26. The summed E-state index contributed by atoms with van der Waals surface area (Å²) in [6.45, 7) is 3.45. The van der Waals surface area contributed by atoms with Crippen LogP contribution in [0.15, 0.2) is 42.6 Å². The van der Waals surface area contributed by atoms with E-state index in [1.165, 1.54) is 4.52 Å². The Balaban J connectivity index is 1.53. The second kappa shape index (κ2) is 7.99. The second-order valence-electron chi connectivity index (χ2n) is 6.29. The van der Waals surface area contributed by atoms with Crippen molar-refractivity contribution in [3.63, 3.8) is 0 Å². The molecule has 1 aliphatic heterocycles. The van der Waals surface area contributed by atoms with E-state index in [4.69, 9.17) is 16.3 Å². The normalized spacial score (nSPS) is 16.3. The topological polar surface area (TPSA) is 84.7 Å². The van der Waals surface area contributed by atoms with Gasteiger partial charge in [0.05, 0.1) is 24.8 Å². The molecule has 0 aliphatic carbocycles. The minimum Gasteiger partial charge on any atom is -0.379 e. The van der Waals surface area contributed by atoms with Crippen LogP contribution in [0.5, 0.6) is 0 Å². The molecule has 1 aromatic carbocycles. The van der Waals surface area contributed by atoms with Gasteiger partial charge in [0.2, 0.25) is 0 Å². The summed E-state index contributed by atoms with van der Waals surface area (Å²) in [4.78, 5) is 15.1. The van der Waals surface area contributed by atoms with Gasteiger partial charge >= 0.3 is 0 Å². The summed E-state index contributed by atoms with van der Waals surface area (Å²) >= 11 is 6.03. The fraction of sp³-hybridized carbons (Fsp3) is 0.333. The van der Waals surface area contributed by atoms with Crippen LogP contribution < -0.4 is 5.32 Å². The van der Waals surface area contributed by atoms with Gasteiger partial charge in [-0.25, -0.2) is 0 Å². The molecule has 0 unspecified atom stereocenters. The number of nitrogens with one attached hydrogen (secondary N) is 1. The molecule has 0 spiro atoms. The number of carbonyl (C=O) groups excluding carboxylic acids is 1. The number of benzene rings is 1. The van der Waals surface area contributed by atoms with Gasteiger partial charge in [0.15, 0.2) is 5.65 Å². The highest BCUT2D eigenvalue weighted by Gasteiger charge is 2.24. The maximum Gasteiger partial charge on any atom is 0.255 e. The molecule has 1 N–H and O–H groups in total. The Morgan fingerprint density at radius 1 is 1.22 bits per heavy atom. The highest BCUT2D eigenvalue weighted by Crippen LogP contribution is 2.23. The second-order valence-corrected chi connectivity index (χ2v) is 6.73. The summed E-state index contributed by atoms with van der Waals surface area (Å²) in [5.41, 5.74) is 1.98. The zero-order chi connectivity index (χ0) is 18.6. The lowest BCUT2D eigenvalue weighted by molar-refractivity contribution is 0.0162. The van der Waals surface area contributed by atoms with E-state index < -0.39 is 0 Å². The van der Waals surface area contributed by atoms with Crippen LogP contribution in [-0.4, -0.2) is 63.7 Å². The monoisotopic (exact) mass is 386 g/mol. The maximum atomic E-state index is 12.7. The maximum absolute atomic E-state index is 12.7. The van der Waals surface area contributed by atoms with Crippen LogP contribution in [0.1, 0.15) is 22.0 Å². The molecule has 1 amide bonds. The van der Waals surface area contributed by atoms with Crippen LogP contribution >= 0.6 is 11.6 Å². The van der Waals surface area contributed by atoms with E-state index in [9.17, 15) is 4.79 Å². The van der Waals surface area contributed by atoms with Gasteiger partial charge in [-0.15, -0.1) is 5.10 Å². The number of halogens is 1. The molecule has 1 fully saturated rings. The first-order valence-electron chi connectivity index (χ1n) is 8.74. The van der Waals surface area contributed by atoms with Gasteiger partial charge in [0, 0.05) is 30.9 Å². The van der Waals surface area contributed by atoms with Crippen LogP contribution in [-0.2, 0) is 4.74 Å².